The highest BCUT2D eigenvalue weighted by Crippen LogP contribution is 2.27. The number of non-ortho nitro benzene ring substituents is 1. The van der Waals surface area contributed by atoms with Gasteiger partial charge in [-0.2, -0.15) is 0 Å². The predicted octanol–water partition coefficient (Wildman–Crippen LogP) is 2.25. The third-order valence-corrected chi connectivity index (χ3v) is 5.58. The van der Waals surface area contributed by atoms with Crippen molar-refractivity contribution in [1.82, 2.24) is 9.80 Å². The number of carbonyl (C=O) groups excluding carboxylic acids is 3. The number of nitrogens with zero attached hydrogens (tertiary/aromatic N) is 3. The number of imide groups is 1. The van der Waals surface area contributed by atoms with Crippen LogP contribution in [0.25, 0.3) is 0 Å². The van der Waals surface area contributed by atoms with Crippen LogP contribution in [0.15, 0.2) is 18.2 Å². The smallest absolute Gasteiger partial charge is 0.270 e. The minimum absolute atomic E-state index is 0.0238. The fourth-order valence-corrected chi connectivity index (χ4v) is 3.71. The van der Waals surface area contributed by atoms with Gasteiger partial charge in [0.25, 0.3) is 17.5 Å². The van der Waals surface area contributed by atoms with Gasteiger partial charge in [0, 0.05) is 51.9 Å². The third-order valence-electron chi connectivity index (χ3n) is 5.58. The highest BCUT2D eigenvalue weighted by Gasteiger charge is 2.36. The summed E-state index contributed by atoms with van der Waals surface area (Å²) >= 11 is 0. The van der Waals surface area contributed by atoms with Crippen LogP contribution >= 0.6 is 0 Å². The molecular formula is C20H25N3O6. The highest BCUT2D eigenvalue weighted by atomic mass is 16.6. The van der Waals surface area contributed by atoms with E-state index in [1.807, 2.05) is 0 Å². The van der Waals surface area contributed by atoms with E-state index < -0.39 is 16.7 Å². The van der Waals surface area contributed by atoms with E-state index in [1.54, 1.807) is 11.9 Å². The number of rotatable bonds is 8. The van der Waals surface area contributed by atoms with Crippen molar-refractivity contribution in [2.45, 2.75) is 32.1 Å². The van der Waals surface area contributed by atoms with Gasteiger partial charge in [-0.3, -0.25) is 29.4 Å². The molecule has 3 rings (SSSR count). The monoisotopic (exact) mass is 403 g/mol. The summed E-state index contributed by atoms with van der Waals surface area (Å²) in [4.78, 5) is 50.2. The lowest BCUT2D eigenvalue weighted by molar-refractivity contribution is -0.384. The molecular weight excluding hydrogens is 378 g/mol. The lowest BCUT2D eigenvalue weighted by Gasteiger charge is -2.25. The van der Waals surface area contributed by atoms with Gasteiger partial charge in [-0.1, -0.05) is 0 Å². The molecule has 2 aliphatic heterocycles. The van der Waals surface area contributed by atoms with Crippen LogP contribution < -0.4 is 0 Å². The van der Waals surface area contributed by atoms with E-state index in [4.69, 9.17) is 4.74 Å². The zero-order valence-electron chi connectivity index (χ0n) is 16.5. The largest absolute Gasteiger partial charge is 0.381 e. The summed E-state index contributed by atoms with van der Waals surface area (Å²) < 4.78 is 5.34. The molecule has 29 heavy (non-hydrogen) atoms. The van der Waals surface area contributed by atoms with E-state index in [9.17, 15) is 24.5 Å². The molecule has 3 amide bonds. The predicted molar refractivity (Wildman–Crippen MR) is 103 cm³/mol. The molecule has 0 saturated carbocycles. The molecule has 0 atom stereocenters. The molecule has 1 aromatic rings. The van der Waals surface area contributed by atoms with Gasteiger partial charge in [0.2, 0.25) is 5.91 Å². The summed E-state index contributed by atoms with van der Waals surface area (Å²) in [6.07, 6.45) is 3.59. The van der Waals surface area contributed by atoms with E-state index >= 15 is 0 Å². The van der Waals surface area contributed by atoms with Crippen LogP contribution in [0.5, 0.6) is 0 Å². The second-order valence-corrected chi connectivity index (χ2v) is 7.51. The lowest BCUT2D eigenvalue weighted by Crippen LogP contribution is -2.33. The fraction of sp³-hybridized carbons (Fsp3) is 0.550. The number of nitro groups is 1. The van der Waals surface area contributed by atoms with Gasteiger partial charge < -0.3 is 9.64 Å². The maximum absolute atomic E-state index is 12.4. The standard InChI is InChI=1S/C20H25N3O6/c1-21(10-6-14-7-11-29-12-8-14)18(24)3-2-9-22-19(25)16-5-4-15(23(27)28)13-17(16)20(22)26/h4-5,13-14H,2-3,6-12H2,1H3. The summed E-state index contributed by atoms with van der Waals surface area (Å²) in [5, 5.41) is 10.9. The van der Waals surface area contributed by atoms with Crippen LogP contribution in [0.1, 0.15) is 52.8 Å². The van der Waals surface area contributed by atoms with Gasteiger partial charge in [-0.25, -0.2) is 0 Å². The summed E-state index contributed by atoms with van der Waals surface area (Å²) in [5.41, 5.74) is -0.0160. The Morgan fingerprint density at radius 1 is 1.24 bits per heavy atom. The Morgan fingerprint density at radius 2 is 1.93 bits per heavy atom. The zero-order chi connectivity index (χ0) is 21.0. The molecule has 1 saturated heterocycles. The minimum Gasteiger partial charge on any atom is -0.381 e. The van der Waals surface area contributed by atoms with Crippen molar-refractivity contribution in [2.24, 2.45) is 5.92 Å². The molecule has 0 bridgehead atoms. The molecule has 2 aliphatic rings. The number of benzene rings is 1. The molecule has 9 nitrogen and oxygen atoms in total. The summed E-state index contributed by atoms with van der Waals surface area (Å²) in [7, 11) is 1.77. The Labute approximate surface area is 168 Å². The van der Waals surface area contributed by atoms with Gasteiger partial charge in [-0.05, 0) is 37.7 Å². The van der Waals surface area contributed by atoms with Crippen molar-refractivity contribution in [3.8, 4) is 0 Å². The van der Waals surface area contributed by atoms with Crippen molar-refractivity contribution in [1.29, 1.82) is 0 Å². The Balaban J connectivity index is 1.47. The maximum atomic E-state index is 12.4. The molecule has 156 valence electrons. The van der Waals surface area contributed by atoms with E-state index in [-0.39, 0.29) is 35.7 Å². The Morgan fingerprint density at radius 3 is 2.62 bits per heavy atom. The van der Waals surface area contributed by atoms with Gasteiger partial charge >= 0.3 is 0 Å². The second kappa shape index (κ2) is 9.13. The number of ether oxygens (including phenoxy) is 1. The fourth-order valence-electron chi connectivity index (χ4n) is 3.71. The van der Waals surface area contributed by atoms with Crippen molar-refractivity contribution >= 4 is 23.4 Å². The van der Waals surface area contributed by atoms with Gasteiger partial charge in [-0.15, -0.1) is 0 Å². The molecule has 0 aliphatic carbocycles. The van der Waals surface area contributed by atoms with Gasteiger partial charge in [0.05, 0.1) is 16.1 Å². The Hall–Kier alpha value is -2.81. The normalized spacial score (nSPS) is 16.8. The van der Waals surface area contributed by atoms with Crippen LogP contribution in [-0.2, 0) is 9.53 Å². The van der Waals surface area contributed by atoms with Crippen LogP contribution in [-0.4, -0.2) is 65.8 Å². The van der Waals surface area contributed by atoms with Crippen molar-refractivity contribution in [3.05, 3.63) is 39.4 Å². The molecule has 0 N–H and O–H groups in total. The quantitative estimate of drug-likeness (QED) is 0.374. The lowest BCUT2D eigenvalue weighted by atomic mass is 9.96. The average Bonchev–Trinajstić information content (AvgIpc) is 2.96. The van der Waals surface area contributed by atoms with Crippen LogP contribution in [0.3, 0.4) is 0 Å². The number of amides is 3. The first-order valence-corrected chi connectivity index (χ1v) is 9.85. The summed E-state index contributed by atoms with van der Waals surface area (Å²) in [6, 6.07) is 3.65. The second-order valence-electron chi connectivity index (χ2n) is 7.51. The number of carbonyl (C=O) groups is 3. The average molecular weight is 403 g/mol. The van der Waals surface area contributed by atoms with Gasteiger partial charge in [0.15, 0.2) is 0 Å². The maximum Gasteiger partial charge on any atom is 0.270 e. The van der Waals surface area contributed by atoms with E-state index in [0.29, 0.717) is 18.9 Å². The van der Waals surface area contributed by atoms with Crippen molar-refractivity contribution < 1.29 is 24.0 Å². The van der Waals surface area contributed by atoms with E-state index in [0.717, 1.165) is 43.4 Å². The topological polar surface area (TPSA) is 110 Å². The number of hydrogen-bond donors (Lipinski definition) is 0. The van der Waals surface area contributed by atoms with Crippen LogP contribution in [0.4, 0.5) is 5.69 Å². The molecule has 2 heterocycles. The molecule has 9 heteroatoms. The molecule has 0 radical (unpaired) electrons. The van der Waals surface area contributed by atoms with E-state index in [2.05, 4.69) is 0 Å². The first-order chi connectivity index (χ1) is 13.9. The summed E-state index contributed by atoms with van der Waals surface area (Å²) in [6.45, 7) is 2.36. The number of nitro benzene ring substituents is 1. The van der Waals surface area contributed by atoms with Crippen LogP contribution in [0, 0.1) is 16.0 Å². The SMILES string of the molecule is CN(CCC1CCOCC1)C(=O)CCCN1C(=O)c2ccc([N+](=O)[O-])cc2C1=O. The van der Waals surface area contributed by atoms with Gasteiger partial charge in [0.1, 0.15) is 0 Å². The zero-order valence-corrected chi connectivity index (χ0v) is 16.5. The number of fused-ring (bicyclic) bond motifs is 1. The molecule has 1 aromatic carbocycles. The first-order valence-electron chi connectivity index (χ1n) is 9.85. The Bertz CT molecular complexity index is 818. The Kier molecular flexibility index (Phi) is 6.58. The molecule has 0 aromatic heterocycles. The number of hydrogen-bond acceptors (Lipinski definition) is 6. The molecule has 0 unspecified atom stereocenters. The summed E-state index contributed by atoms with van der Waals surface area (Å²) in [5.74, 6) is -0.458. The molecule has 1 fully saturated rings. The first kappa shape index (κ1) is 20.9. The van der Waals surface area contributed by atoms with Crippen molar-refractivity contribution in [3.63, 3.8) is 0 Å². The highest BCUT2D eigenvalue weighted by molar-refractivity contribution is 6.21. The minimum atomic E-state index is -0.602. The van der Waals surface area contributed by atoms with E-state index in [1.165, 1.54) is 12.1 Å². The van der Waals surface area contributed by atoms with Crippen LogP contribution in [0.2, 0.25) is 0 Å². The third kappa shape index (κ3) is 4.79. The molecule has 0 spiro atoms. The van der Waals surface area contributed by atoms with Crippen molar-refractivity contribution in [2.75, 3.05) is 33.4 Å².